The Bertz CT molecular complexity index is 228. The molecule has 82 valence electrons. The maximum absolute atomic E-state index is 12.2. The van der Waals surface area contributed by atoms with E-state index in [4.69, 9.17) is 5.11 Å². The lowest BCUT2D eigenvalue weighted by atomic mass is 10.3. The highest BCUT2D eigenvalue weighted by molar-refractivity contribution is 5.81. The van der Waals surface area contributed by atoms with E-state index in [1.54, 1.807) is 0 Å². The maximum atomic E-state index is 12.2. The second-order valence-electron chi connectivity index (χ2n) is 2.35. The number of rotatable bonds is 4. The van der Waals surface area contributed by atoms with Crippen LogP contribution >= 0.6 is 0 Å². The van der Waals surface area contributed by atoms with Crippen LogP contribution in [0.2, 0.25) is 0 Å². The highest BCUT2D eigenvalue weighted by atomic mass is 19.4. The Morgan fingerprint density at radius 1 is 1.36 bits per heavy atom. The quantitative estimate of drug-likeness (QED) is 0.673. The summed E-state index contributed by atoms with van der Waals surface area (Å²) >= 11 is 0. The number of carboxylic acids is 1. The Morgan fingerprint density at radius 2 is 1.86 bits per heavy atom. The highest BCUT2D eigenvalue weighted by Gasteiger charge is 2.38. The minimum atomic E-state index is -5.03. The summed E-state index contributed by atoms with van der Waals surface area (Å²) in [6, 6.07) is 0. The zero-order valence-corrected chi connectivity index (χ0v) is 6.77. The lowest BCUT2D eigenvalue weighted by molar-refractivity contribution is -0.173. The van der Waals surface area contributed by atoms with E-state index in [9.17, 15) is 27.2 Å². The molecule has 0 rings (SSSR count). The Balaban J connectivity index is 3.76. The first-order valence-electron chi connectivity index (χ1n) is 3.47. The van der Waals surface area contributed by atoms with Crippen molar-refractivity contribution in [2.75, 3.05) is 6.54 Å². The van der Waals surface area contributed by atoms with Crippen LogP contribution in [0.1, 0.15) is 6.42 Å². The molecule has 14 heavy (non-hydrogen) atoms. The molecule has 8 heteroatoms. The van der Waals surface area contributed by atoms with Gasteiger partial charge in [0.25, 0.3) is 0 Å². The van der Waals surface area contributed by atoms with Gasteiger partial charge in [-0.25, -0.2) is 9.18 Å². The van der Waals surface area contributed by atoms with Crippen molar-refractivity contribution in [3.63, 3.8) is 0 Å². The number of halogens is 4. The summed E-state index contributed by atoms with van der Waals surface area (Å²) < 4.78 is 46.8. The van der Waals surface area contributed by atoms with Gasteiger partial charge in [0.2, 0.25) is 0 Å². The second-order valence-corrected chi connectivity index (χ2v) is 2.35. The van der Waals surface area contributed by atoms with Crippen LogP contribution in [0.15, 0.2) is 0 Å². The Hall–Kier alpha value is -1.34. The van der Waals surface area contributed by atoms with Crippen LogP contribution in [0.3, 0.4) is 0 Å². The van der Waals surface area contributed by atoms with Gasteiger partial charge >= 0.3 is 18.1 Å². The minimum Gasteiger partial charge on any atom is -0.479 e. The lowest BCUT2D eigenvalue weighted by Crippen LogP contribution is -2.38. The van der Waals surface area contributed by atoms with Crippen LogP contribution in [-0.2, 0) is 9.59 Å². The predicted octanol–water partition coefficient (Wildman–Crippen LogP) is 0.478. The smallest absolute Gasteiger partial charge is 0.471 e. The largest absolute Gasteiger partial charge is 0.479 e. The Labute approximate surface area is 75.9 Å². The zero-order chi connectivity index (χ0) is 11.4. The minimum absolute atomic E-state index is 0.675. The molecule has 0 radical (unpaired) electrons. The summed E-state index contributed by atoms with van der Waals surface area (Å²) in [5, 5.41) is 9.34. The van der Waals surface area contributed by atoms with Crippen molar-refractivity contribution in [2.24, 2.45) is 0 Å². The van der Waals surface area contributed by atoms with Gasteiger partial charge in [-0.15, -0.1) is 0 Å². The molecule has 0 aliphatic heterocycles. The van der Waals surface area contributed by atoms with Crippen molar-refractivity contribution < 1.29 is 32.3 Å². The van der Waals surface area contributed by atoms with Crippen LogP contribution in [-0.4, -0.2) is 35.9 Å². The van der Waals surface area contributed by atoms with Crippen LogP contribution in [0.5, 0.6) is 0 Å². The predicted molar refractivity (Wildman–Crippen MR) is 36.2 cm³/mol. The first-order valence-corrected chi connectivity index (χ1v) is 3.47. The van der Waals surface area contributed by atoms with Gasteiger partial charge in [0, 0.05) is 13.0 Å². The number of alkyl halides is 4. The van der Waals surface area contributed by atoms with Crippen LogP contribution in [0.25, 0.3) is 0 Å². The monoisotopic (exact) mass is 217 g/mol. The van der Waals surface area contributed by atoms with Gasteiger partial charge in [-0.1, -0.05) is 0 Å². The van der Waals surface area contributed by atoms with Gasteiger partial charge in [-0.2, -0.15) is 13.2 Å². The van der Waals surface area contributed by atoms with Crippen molar-refractivity contribution >= 4 is 11.9 Å². The van der Waals surface area contributed by atoms with Crippen LogP contribution in [0.4, 0.5) is 17.6 Å². The standard InChI is InChI=1S/C6H7F4NO3/c7-3(4(12)13)1-2-11-5(14)6(8,9)10/h3H,1-2H2,(H,11,14)(H,12,13). The summed E-state index contributed by atoms with van der Waals surface area (Å²) in [6.07, 6.45) is -8.00. The molecule has 1 amide bonds. The molecular formula is C6H7F4NO3. The van der Waals surface area contributed by atoms with Crippen molar-refractivity contribution in [3.8, 4) is 0 Å². The number of carbonyl (C=O) groups is 2. The van der Waals surface area contributed by atoms with E-state index in [-0.39, 0.29) is 0 Å². The van der Waals surface area contributed by atoms with Gasteiger partial charge in [0.1, 0.15) is 0 Å². The van der Waals surface area contributed by atoms with E-state index in [0.29, 0.717) is 0 Å². The summed E-state index contributed by atoms with van der Waals surface area (Å²) in [5.74, 6) is -3.98. The Morgan fingerprint density at radius 3 is 2.21 bits per heavy atom. The average molecular weight is 217 g/mol. The maximum Gasteiger partial charge on any atom is 0.471 e. The van der Waals surface area contributed by atoms with Gasteiger partial charge in [0.05, 0.1) is 0 Å². The number of hydrogen-bond donors (Lipinski definition) is 2. The summed E-state index contributed by atoms with van der Waals surface area (Å²) in [4.78, 5) is 20.0. The number of carbonyl (C=O) groups excluding carboxylic acids is 1. The van der Waals surface area contributed by atoms with Crippen molar-refractivity contribution in [1.29, 1.82) is 0 Å². The van der Waals surface area contributed by atoms with Crippen molar-refractivity contribution in [3.05, 3.63) is 0 Å². The fourth-order valence-electron chi connectivity index (χ4n) is 0.536. The molecule has 0 saturated carbocycles. The average Bonchev–Trinajstić information content (AvgIpc) is 2.01. The molecule has 0 aliphatic carbocycles. The normalized spacial score (nSPS) is 13.4. The van der Waals surface area contributed by atoms with Gasteiger partial charge in [-0.3, -0.25) is 4.79 Å². The fourth-order valence-corrected chi connectivity index (χ4v) is 0.536. The SMILES string of the molecule is O=C(O)C(F)CCNC(=O)C(F)(F)F. The molecule has 0 saturated heterocycles. The van der Waals surface area contributed by atoms with E-state index in [2.05, 4.69) is 0 Å². The summed E-state index contributed by atoms with van der Waals surface area (Å²) in [5.41, 5.74) is 0. The number of nitrogens with one attached hydrogen (secondary N) is 1. The van der Waals surface area contributed by atoms with Crippen LogP contribution in [0, 0.1) is 0 Å². The molecule has 0 aromatic carbocycles. The molecule has 0 aromatic heterocycles. The van der Waals surface area contributed by atoms with Crippen molar-refractivity contribution in [1.82, 2.24) is 5.32 Å². The summed E-state index contributed by atoms with van der Waals surface area (Å²) in [7, 11) is 0. The van der Waals surface area contributed by atoms with E-state index >= 15 is 0 Å². The van der Waals surface area contributed by atoms with Gasteiger partial charge in [0.15, 0.2) is 6.17 Å². The second kappa shape index (κ2) is 4.77. The molecule has 0 fully saturated rings. The number of amides is 1. The van der Waals surface area contributed by atoms with Gasteiger partial charge in [-0.05, 0) is 0 Å². The third kappa shape index (κ3) is 4.63. The van der Waals surface area contributed by atoms with Gasteiger partial charge < -0.3 is 10.4 Å². The molecular weight excluding hydrogens is 210 g/mol. The lowest BCUT2D eigenvalue weighted by Gasteiger charge is -2.07. The first kappa shape index (κ1) is 12.7. The number of aliphatic carboxylic acids is 1. The molecule has 0 aliphatic rings. The molecule has 4 nitrogen and oxygen atoms in total. The van der Waals surface area contributed by atoms with Crippen LogP contribution < -0.4 is 5.32 Å². The van der Waals surface area contributed by atoms with E-state index in [1.807, 2.05) is 0 Å². The molecule has 0 heterocycles. The molecule has 0 spiro atoms. The molecule has 1 atom stereocenters. The highest BCUT2D eigenvalue weighted by Crippen LogP contribution is 2.13. The summed E-state index contributed by atoms with van der Waals surface area (Å²) in [6.45, 7) is -0.675. The number of carboxylic acid groups (broad SMARTS) is 1. The van der Waals surface area contributed by atoms with Crippen molar-refractivity contribution in [2.45, 2.75) is 18.8 Å². The topological polar surface area (TPSA) is 66.4 Å². The van der Waals surface area contributed by atoms with E-state index in [1.165, 1.54) is 5.32 Å². The number of hydrogen-bond acceptors (Lipinski definition) is 2. The molecule has 2 N–H and O–H groups in total. The Kier molecular flexibility index (Phi) is 4.32. The van der Waals surface area contributed by atoms with E-state index < -0.39 is 37.2 Å². The first-order chi connectivity index (χ1) is 6.25. The molecule has 0 aromatic rings. The molecule has 1 unspecified atom stereocenters. The third-order valence-corrected chi connectivity index (χ3v) is 1.21. The fraction of sp³-hybridized carbons (Fsp3) is 0.667. The zero-order valence-electron chi connectivity index (χ0n) is 6.77. The van der Waals surface area contributed by atoms with E-state index in [0.717, 1.165) is 0 Å². The molecule has 0 bridgehead atoms. The third-order valence-electron chi connectivity index (χ3n) is 1.21.